The summed E-state index contributed by atoms with van der Waals surface area (Å²) in [4.78, 5) is 16.9. The number of benzene rings is 2. The summed E-state index contributed by atoms with van der Waals surface area (Å²) in [5, 5.41) is 3.87. The van der Waals surface area contributed by atoms with Crippen molar-refractivity contribution in [3.8, 4) is 0 Å². The van der Waals surface area contributed by atoms with E-state index < -0.39 is 0 Å². The van der Waals surface area contributed by atoms with E-state index >= 15 is 0 Å². The van der Waals surface area contributed by atoms with Gasteiger partial charge in [0.1, 0.15) is 0 Å². The number of likely N-dealkylation sites (N-methyl/N-ethyl adjacent to an activating group) is 1. The van der Waals surface area contributed by atoms with E-state index in [2.05, 4.69) is 34.3 Å². The zero-order valence-corrected chi connectivity index (χ0v) is 15.6. The van der Waals surface area contributed by atoms with Gasteiger partial charge in [-0.05, 0) is 49.0 Å². The van der Waals surface area contributed by atoms with Crippen molar-refractivity contribution < 1.29 is 4.79 Å². The molecule has 0 bridgehead atoms. The predicted molar refractivity (Wildman–Crippen MR) is 105 cm³/mol. The third kappa shape index (κ3) is 4.88. The highest BCUT2D eigenvalue weighted by molar-refractivity contribution is 6.42. The van der Waals surface area contributed by atoms with E-state index in [1.54, 1.807) is 12.1 Å². The number of carbonyl (C=O) groups excluding carboxylic acids is 1. The molecule has 1 N–H and O–H groups in total. The van der Waals surface area contributed by atoms with Gasteiger partial charge in [0.2, 0.25) is 5.91 Å². The molecule has 0 saturated carbocycles. The zero-order valence-electron chi connectivity index (χ0n) is 14.1. The molecule has 4 nitrogen and oxygen atoms in total. The fourth-order valence-electron chi connectivity index (χ4n) is 2.86. The SMILES string of the molecule is CN1CCN(c2ccc(NC(=O)Cc3ccc(Cl)c(Cl)c3)cc2)CC1. The second kappa shape index (κ2) is 8.09. The predicted octanol–water partition coefficient (Wildman–Crippen LogP) is 3.93. The Hall–Kier alpha value is -1.75. The van der Waals surface area contributed by atoms with Gasteiger partial charge in [-0.2, -0.15) is 0 Å². The molecular formula is C19H21Cl2N3O. The number of hydrogen-bond acceptors (Lipinski definition) is 3. The van der Waals surface area contributed by atoms with E-state index in [0.29, 0.717) is 10.0 Å². The molecule has 0 radical (unpaired) electrons. The van der Waals surface area contributed by atoms with Gasteiger partial charge in [0, 0.05) is 37.6 Å². The van der Waals surface area contributed by atoms with E-state index in [1.165, 1.54) is 5.69 Å². The Bertz CT molecular complexity index is 741. The quantitative estimate of drug-likeness (QED) is 0.876. The van der Waals surface area contributed by atoms with Crippen molar-refractivity contribution in [2.45, 2.75) is 6.42 Å². The summed E-state index contributed by atoms with van der Waals surface area (Å²) >= 11 is 11.9. The molecule has 1 aliphatic rings. The normalized spacial score (nSPS) is 15.2. The molecule has 1 saturated heterocycles. The van der Waals surface area contributed by atoms with Crippen molar-refractivity contribution in [3.05, 3.63) is 58.1 Å². The van der Waals surface area contributed by atoms with Crippen LogP contribution in [0.1, 0.15) is 5.56 Å². The molecule has 0 atom stereocenters. The van der Waals surface area contributed by atoms with E-state index in [1.807, 2.05) is 18.2 Å². The van der Waals surface area contributed by atoms with Crippen molar-refractivity contribution in [2.24, 2.45) is 0 Å². The molecule has 1 fully saturated rings. The molecule has 1 aliphatic heterocycles. The van der Waals surface area contributed by atoms with Gasteiger partial charge in [-0.15, -0.1) is 0 Å². The first-order valence-corrected chi connectivity index (χ1v) is 9.04. The monoisotopic (exact) mass is 377 g/mol. The molecule has 6 heteroatoms. The molecule has 0 unspecified atom stereocenters. The first kappa shape index (κ1) is 18.1. The molecule has 1 amide bonds. The Morgan fingerprint density at radius 2 is 1.68 bits per heavy atom. The summed E-state index contributed by atoms with van der Waals surface area (Å²) in [6.45, 7) is 4.20. The van der Waals surface area contributed by atoms with Crippen LogP contribution in [-0.2, 0) is 11.2 Å². The summed E-state index contributed by atoms with van der Waals surface area (Å²) in [6.07, 6.45) is 0.261. The molecule has 25 heavy (non-hydrogen) atoms. The summed E-state index contributed by atoms with van der Waals surface area (Å²) in [5.41, 5.74) is 2.82. The first-order valence-electron chi connectivity index (χ1n) is 8.28. The van der Waals surface area contributed by atoms with Gasteiger partial charge in [0.15, 0.2) is 0 Å². The minimum absolute atomic E-state index is 0.0780. The van der Waals surface area contributed by atoms with Crippen LogP contribution in [0.3, 0.4) is 0 Å². The van der Waals surface area contributed by atoms with Crippen LogP contribution in [0.2, 0.25) is 10.0 Å². The van der Waals surface area contributed by atoms with Crippen molar-refractivity contribution in [3.63, 3.8) is 0 Å². The number of anilines is 2. The molecular weight excluding hydrogens is 357 g/mol. The highest BCUT2D eigenvalue weighted by Gasteiger charge is 2.14. The minimum atomic E-state index is -0.0780. The van der Waals surface area contributed by atoms with Crippen molar-refractivity contribution in [1.29, 1.82) is 0 Å². The Balaban J connectivity index is 1.57. The third-order valence-electron chi connectivity index (χ3n) is 4.37. The van der Waals surface area contributed by atoms with E-state index in [9.17, 15) is 4.79 Å². The average Bonchev–Trinajstić information content (AvgIpc) is 2.60. The zero-order chi connectivity index (χ0) is 17.8. The molecule has 3 rings (SSSR count). The van der Waals surface area contributed by atoms with E-state index in [4.69, 9.17) is 23.2 Å². The van der Waals surface area contributed by atoms with Gasteiger partial charge in [-0.3, -0.25) is 4.79 Å². The summed E-state index contributed by atoms with van der Waals surface area (Å²) < 4.78 is 0. The molecule has 1 heterocycles. The summed E-state index contributed by atoms with van der Waals surface area (Å²) in [7, 11) is 2.14. The third-order valence-corrected chi connectivity index (χ3v) is 5.11. The van der Waals surface area contributed by atoms with Crippen molar-refractivity contribution in [2.75, 3.05) is 43.4 Å². The number of piperazine rings is 1. The van der Waals surface area contributed by atoms with Gasteiger partial charge in [-0.1, -0.05) is 29.3 Å². The van der Waals surface area contributed by atoms with Gasteiger partial charge in [0.25, 0.3) is 0 Å². The number of rotatable bonds is 4. The van der Waals surface area contributed by atoms with Crippen molar-refractivity contribution >= 4 is 40.5 Å². The van der Waals surface area contributed by atoms with Gasteiger partial charge < -0.3 is 15.1 Å². The Morgan fingerprint density at radius 1 is 1.00 bits per heavy atom. The van der Waals surface area contributed by atoms with Crippen LogP contribution in [0.25, 0.3) is 0 Å². The first-order chi connectivity index (χ1) is 12.0. The maximum atomic E-state index is 12.2. The second-order valence-electron chi connectivity index (χ2n) is 6.31. The number of amides is 1. The molecule has 0 aromatic heterocycles. The fourth-order valence-corrected chi connectivity index (χ4v) is 3.18. The molecule has 132 valence electrons. The number of halogens is 2. The lowest BCUT2D eigenvalue weighted by Crippen LogP contribution is -2.44. The number of carbonyl (C=O) groups is 1. The number of nitrogens with one attached hydrogen (secondary N) is 1. The lowest BCUT2D eigenvalue weighted by atomic mass is 10.1. The lowest BCUT2D eigenvalue weighted by Gasteiger charge is -2.34. The molecule has 2 aromatic rings. The fraction of sp³-hybridized carbons (Fsp3) is 0.316. The van der Waals surface area contributed by atoms with Gasteiger partial charge in [-0.25, -0.2) is 0 Å². The smallest absolute Gasteiger partial charge is 0.228 e. The van der Waals surface area contributed by atoms with Crippen molar-refractivity contribution in [1.82, 2.24) is 4.90 Å². The van der Waals surface area contributed by atoms with Crippen LogP contribution in [0.5, 0.6) is 0 Å². The Morgan fingerprint density at radius 3 is 2.32 bits per heavy atom. The van der Waals surface area contributed by atoms with Crippen LogP contribution in [-0.4, -0.2) is 44.0 Å². The van der Waals surface area contributed by atoms with Gasteiger partial charge >= 0.3 is 0 Å². The largest absolute Gasteiger partial charge is 0.369 e. The molecule has 0 spiro atoms. The number of nitrogens with zero attached hydrogens (tertiary/aromatic N) is 2. The van der Waals surface area contributed by atoms with Crippen LogP contribution in [0.4, 0.5) is 11.4 Å². The van der Waals surface area contributed by atoms with Crippen LogP contribution >= 0.6 is 23.2 Å². The topological polar surface area (TPSA) is 35.6 Å². The second-order valence-corrected chi connectivity index (χ2v) is 7.13. The van der Waals surface area contributed by atoms with E-state index in [0.717, 1.165) is 37.4 Å². The molecule has 2 aromatic carbocycles. The number of hydrogen-bond donors (Lipinski definition) is 1. The molecule has 0 aliphatic carbocycles. The Kier molecular flexibility index (Phi) is 5.84. The van der Waals surface area contributed by atoms with Crippen LogP contribution < -0.4 is 10.2 Å². The summed E-state index contributed by atoms with van der Waals surface area (Å²) in [5.74, 6) is -0.0780. The summed E-state index contributed by atoms with van der Waals surface area (Å²) in [6, 6.07) is 13.2. The maximum Gasteiger partial charge on any atom is 0.228 e. The minimum Gasteiger partial charge on any atom is -0.369 e. The lowest BCUT2D eigenvalue weighted by molar-refractivity contribution is -0.115. The van der Waals surface area contributed by atoms with Crippen LogP contribution in [0, 0.1) is 0 Å². The highest BCUT2D eigenvalue weighted by Crippen LogP contribution is 2.23. The average molecular weight is 378 g/mol. The maximum absolute atomic E-state index is 12.2. The van der Waals surface area contributed by atoms with Crippen LogP contribution in [0.15, 0.2) is 42.5 Å². The highest BCUT2D eigenvalue weighted by atomic mass is 35.5. The van der Waals surface area contributed by atoms with E-state index in [-0.39, 0.29) is 12.3 Å². The van der Waals surface area contributed by atoms with Gasteiger partial charge in [0.05, 0.1) is 16.5 Å². The standard InChI is InChI=1S/C19H21Cl2N3O/c1-23-8-10-24(11-9-23)16-5-3-15(4-6-16)22-19(25)13-14-2-7-17(20)18(21)12-14/h2-7,12H,8-11,13H2,1H3,(H,22,25). The Labute approximate surface area is 158 Å².